The molecule has 0 N–H and O–H groups in total. The van der Waals surface area contributed by atoms with Crippen molar-refractivity contribution in [3.05, 3.63) is 28.3 Å². The van der Waals surface area contributed by atoms with Gasteiger partial charge in [-0.1, -0.05) is 0 Å². The number of nitro groups is 1. The number of carbonyl (C=O) groups is 4. The number of nitrogens with zero attached hydrogens (tertiary/aromatic N) is 2. The van der Waals surface area contributed by atoms with E-state index in [2.05, 4.69) is 0 Å². The van der Waals surface area contributed by atoms with Gasteiger partial charge >= 0.3 is 24.0 Å². The first kappa shape index (κ1) is 31.3. The molecule has 0 spiro atoms. The van der Waals surface area contributed by atoms with Crippen molar-refractivity contribution < 1.29 is 52.5 Å². The lowest BCUT2D eigenvalue weighted by atomic mass is 9.92. The first-order valence-corrected chi connectivity index (χ1v) is 12.0. The van der Waals surface area contributed by atoms with Gasteiger partial charge in [0.05, 0.1) is 10.6 Å². The summed E-state index contributed by atoms with van der Waals surface area (Å²) in [7, 11) is 1.33. The van der Waals surface area contributed by atoms with E-state index in [0.717, 1.165) is 37.8 Å². The molecule has 1 aromatic carbocycles. The summed E-state index contributed by atoms with van der Waals surface area (Å²) in [6, 6.07) is 3.47. The summed E-state index contributed by atoms with van der Waals surface area (Å²) < 4.78 is 33.8. The van der Waals surface area contributed by atoms with Crippen molar-refractivity contribution in [2.24, 2.45) is 0 Å². The van der Waals surface area contributed by atoms with Gasteiger partial charge in [0, 0.05) is 46.9 Å². The number of amides is 1. The molecule has 0 radical (unpaired) electrons. The molecule has 0 aliphatic carbocycles. The van der Waals surface area contributed by atoms with Gasteiger partial charge in [0.2, 0.25) is 11.9 Å². The van der Waals surface area contributed by atoms with E-state index in [0.29, 0.717) is 0 Å². The van der Waals surface area contributed by atoms with Crippen molar-refractivity contribution in [3.8, 4) is 5.75 Å². The molecule has 0 bridgehead atoms. The zero-order valence-corrected chi connectivity index (χ0v) is 23.3. The molecule has 14 heteroatoms. The van der Waals surface area contributed by atoms with Crippen LogP contribution in [0.15, 0.2) is 18.2 Å². The highest BCUT2D eigenvalue weighted by Gasteiger charge is 2.58. The number of rotatable bonds is 7. The minimum atomic E-state index is -1.90. The monoisotopic (exact) mass is 554 g/mol. The number of non-ortho nitro benzene ring substituents is 1. The molecule has 1 saturated heterocycles. The molecule has 1 aliphatic heterocycles. The molecular weight excluding hydrogens is 520 g/mol. The largest absolute Gasteiger partial charge is 0.456 e. The Balaban J connectivity index is 2.64. The number of hydrogen-bond donors (Lipinski definition) is 0. The lowest BCUT2D eigenvalue weighted by molar-refractivity contribution is -0.384. The smallest absolute Gasteiger partial charge is 0.414 e. The number of ether oxygens (including phenoxy) is 6. The summed E-state index contributed by atoms with van der Waals surface area (Å²) in [5.74, 6) is -4.24. The van der Waals surface area contributed by atoms with Gasteiger partial charge in [-0.3, -0.25) is 29.4 Å². The third-order valence-corrected chi connectivity index (χ3v) is 5.41. The second kappa shape index (κ2) is 11.8. The van der Waals surface area contributed by atoms with Crippen LogP contribution >= 0.6 is 0 Å². The highest BCUT2D eigenvalue weighted by Crippen LogP contribution is 2.41. The van der Waals surface area contributed by atoms with Gasteiger partial charge in [-0.2, -0.15) is 0 Å². The number of carbonyl (C=O) groups excluding carboxylic acids is 4. The van der Waals surface area contributed by atoms with Gasteiger partial charge < -0.3 is 28.4 Å². The van der Waals surface area contributed by atoms with Crippen molar-refractivity contribution in [1.29, 1.82) is 0 Å². The number of esters is 3. The van der Waals surface area contributed by atoms with Crippen LogP contribution in [-0.4, -0.2) is 71.8 Å². The highest BCUT2D eigenvalue weighted by atomic mass is 16.7. The molecule has 0 saturated carbocycles. The Morgan fingerprint density at radius 2 is 1.54 bits per heavy atom. The molecule has 2 rings (SSSR count). The van der Waals surface area contributed by atoms with E-state index < -0.39 is 64.7 Å². The molecule has 14 nitrogen and oxygen atoms in total. The van der Waals surface area contributed by atoms with Gasteiger partial charge in [0.25, 0.3) is 5.69 Å². The van der Waals surface area contributed by atoms with Gasteiger partial charge in [-0.15, -0.1) is 0 Å². The van der Waals surface area contributed by atoms with Crippen molar-refractivity contribution in [3.63, 3.8) is 0 Å². The average molecular weight is 555 g/mol. The molecule has 0 unspecified atom stereocenters. The topological polar surface area (TPSA) is 170 Å². The lowest BCUT2D eigenvalue weighted by Gasteiger charge is -2.48. The average Bonchev–Trinajstić information content (AvgIpc) is 2.76. The number of benzene rings is 1. The Kier molecular flexibility index (Phi) is 9.50. The standard InChI is InChI=1S/C25H34N2O12/c1-13-20(34-14(2)28)21(35-15(3)29)22(36-16(4)30)25(8,37-13)38-19-11-10-17(27(32)33)12-18(19)26(9)23(31)39-24(5,6)7/h10-13,20-22H,1-9H3/t13-,20-,21+,22-,25+/m1/s1. The van der Waals surface area contributed by atoms with Crippen LogP contribution in [0.4, 0.5) is 16.2 Å². The van der Waals surface area contributed by atoms with Crippen LogP contribution in [0.5, 0.6) is 5.75 Å². The Hall–Kier alpha value is -3.94. The summed E-state index contributed by atoms with van der Waals surface area (Å²) in [6.45, 7) is 11.3. The van der Waals surface area contributed by atoms with Gasteiger partial charge in [-0.25, -0.2) is 4.79 Å². The summed E-state index contributed by atoms with van der Waals surface area (Å²) in [5.41, 5.74) is -1.28. The van der Waals surface area contributed by atoms with Crippen LogP contribution in [0.2, 0.25) is 0 Å². The Labute approximate surface area is 225 Å². The fraction of sp³-hybridized carbons (Fsp3) is 0.600. The van der Waals surface area contributed by atoms with E-state index >= 15 is 0 Å². The van der Waals surface area contributed by atoms with E-state index in [1.165, 1.54) is 27.0 Å². The molecule has 1 fully saturated rings. The molecule has 216 valence electrons. The predicted molar refractivity (Wildman–Crippen MR) is 134 cm³/mol. The zero-order chi connectivity index (χ0) is 29.9. The first-order valence-electron chi connectivity index (χ1n) is 12.0. The Morgan fingerprint density at radius 3 is 2.03 bits per heavy atom. The highest BCUT2D eigenvalue weighted by molar-refractivity contribution is 5.90. The third kappa shape index (κ3) is 8.02. The molecule has 0 aromatic heterocycles. The predicted octanol–water partition coefficient (Wildman–Crippen LogP) is 3.27. The second-order valence-corrected chi connectivity index (χ2v) is 10.1. The van der Waals surface area contributed by atoms with E-state index in [9.17, 15) is 29.3 Å². The normalized spacial score (nSPS) is 24.6. The molecule has 1 amide bonds. The molecule has 5 atom stereocenters. The van der Waals surface area contributed by atoms with Gasteiger partial charge in [0.1, 0.15) is 17.5 Å². The van der Waals surface area contributed by atoms with Crippen molar-refractivity contribution in [2.75, 3.05) is 11.9 Å². The van der Waals surface area contributed by atoms with Gasteiger partial charge in [0.15, 0.2) is 12.2 Å². The SMILES string of the molecule is CC(=O)O[C@H]1[C@H](OC(C)=O)[C@@H](C)O[C@@](C)(Oc2ccc([N+](=O)[O-])cc2N(C)C(=O)OC(C)(C)C)[C@@H]1OC(C)=O. The van der Waals surface area contributed by atoms with Crippen LogP contribution in [0.3, 0.4) is 0 Å². The number of hydrogen-bond acceptors (Lipinski definition) is 12. The number of nitro benzene ring substituents is 1. The molecular formula is C25H34N2O12. The van der Waals surface area contributed by atoms with Crippen LogP contribution in [0.1, 0.15) is 55.4 Å². The maximum atomic E-state index is 12.8. The van der Waals surface area contributed by atoms with E-state index in [1.54, 1.807) is 20.8 Å². The summed E-state index contributed by atoms with van der Waals surface area (Å²) in [6.07, 6.45) is -5.78. The fourth-order valence-corrected chi connectivity index (χ4v) is 3.97. The summed E-state index contributed by atoms with van der Waals surface area (Å²) >= 11 is 0. The maximum Gasteiger partial charge on any atom is 0.414 e. The van der Waals surface area contributed by atoms with Crippen LogP contribution in [0, 0.1) is 10.1 Å². The maximum absolute atomic E-state index is 12.8. The number of anilines is 1. The minimum absolute atomic E-state index is 0.0661. The molecule has 1 heterocycles. The molecule has 1 aromatic rings. The van der Waals surface area contributed by atoms with Crippen molar-refractivity contribution in [2.45, 2.75) is 91.2 Å². The third-order valence-electron chi connectivity index (χ3n) is 5.41. The fourth-order valence-electron chi connectivity index (χ4n) is 3.97. The second-order valence-electron chi connectivity index (χ2n) is 10.1. The Bertz CT molecular complexity index is 1130. The summed E-state index contributed by atoms with van der Waals surface area (Å²) in [4.78, 5) is 60.5. The lowest BCUT2D eigenvalue weighted by Crippen LogP contribution is -2.67. The molecule has 1 aliphatic rings. The first-order chi connectivity index (χ1) is 17.8. The van der Waals surface area contributed by atoms with Crippen LogP contribution < -0.4 is 9.64 Å². The van der Waals surface area contributed by atoms with Crippen LogP contribution in [0.25, 0.3) is 0 Å². The molecule has 39 heavy (non-hydrogen) atoms. The van der Waals surface area contributed by atoms with E-state index in [1.807, 2.05) is 0 Å². The van der Waals surface area contributed by atoms with Gasteiger partial charge in [-0.05, 0) is 33.8 Å². The minimum Gasteiger partial charge on any atom is -0.456 e. The quantitative estimate of drug-likeness (QED) is 0.209. The van der Waals surface area contributed by atoms with Crippen LogP contribution in [-0.2, 0) is 38.1 Å². The van der Waals surface area contributed by atoms with Crippen molar-refractivity contribution in [1.82, 2.24) is 0 Å². The van der Waals surface area contributed by atoms with E-state index in [4.69, 9.17) is 28.4 Å². The van der Waals surface area contributed by atoms with Crippen molar-refractivity contribution >= 4 is 35.4 Å². The van der Waals surface area contributed by atoms with E-state index in [-0.39, 0.29) is 17.1 Å². The zero-order valence-electron chi connectivity index (χ0n) is 23.3. The summed E-state index contributed by atoms with van der Waals surface area (Å²) in [5, 5.41) is 11.5. The Morgan fingerprint density at radius 1 is 1.00 bits per heavy atom.